The lowest BCUT2D eigenvalue weighted by atomic mass is 9.73. The number of hydrogen-bond donors (Lipinski definition) is 1. The molecule has 0 aliphatic heterocycles. The Labute approximate surface area is 145 Å². The van der Waals surface area contributed by atoms with E-state index in [1.54, 1.807) is 19.1 Å². The first-order chi connectivity index (χ1) is 11.7. The largest absolute Gasteiger partial charge is 0.497 e. The zero-order valence-electron chi connectivity index (χ0n) is 14.6. The number of rotatable bonds is 9. The van der Waals surface area contributed by atoms with Crippen molar-refractivity contribution in [3.63, 3.8) is 0 Å². The number of Topliss-reactive ketones (excluding diaryl/α,β-unsaturated/α-hetero) is 2. The van der Waals surface area contributed by atoms with Gasteiger partial charge in [-0.15, -0.1) is 0 Å². The van der Waals surface area contributed by atoms with Gasteiger partial charge in [0, 0.05) is 5.92 Å². The third-order valence-corrected chi connectivity index (χ3v) is 3.90. The quantitative estimate of drug-likeness (QED) is 0.535. The van der Waals surface area contributed by atoms with Crippen LogP contribution in [0.3, 0.4) is 0 Å². The van der Waals surface area contributed by atoms with Crippen molar-refractivity contribution >= 4 is 23.5 Å². The van der Waals surface area contributed by atoms with E-state index in [-0.39, 0.29) is 6.61 Å². The molecule has 3 atom stereocenters. The van der Waals surface area contributed by atoms with Gasteiger partial charge < -0.3 is 14.6 Å². The van der Waals surface area contributed by atoms with Crippen molar-refractivity contribution in [1.29, 1.82) is 0 Å². The van der Waals surface area contributed by atoms with E-state index in [9.17, 15) is 24.3 Å². The monoisotopic (exact) mass is 350 g/mol. The number of ether oxygens (including phenoxy) is 2. The fourth-order valence-electron chi connectivity index (χ4n) is 2.78. The van der Waals surface area contributed by atoms with Crippen molar-refractivity contribution in [1.82, 2.24) is 0 Å². The normalized spacial score (nSPS) is 14.1. The average Bonchev–Trinajstić information content (AvgIpc) is 2.53. The van der Waals surface area contributed by atoms with Crippen LogP contribution in [0.15, 0.2) is 24.3 Å². The summed E-state index contributed by atoms with van der Waals surface area (Å²) in [5.41, 5.74) is 0.372. The summed E-state index contributed by atoms with van der Waals surface area (Å²) >= 11 is 0. The molecule has 0 spiro atoms. The summed E-state index contributed by atoms with van der Waals surface area (Å²) < 4.78 is 9.99. The highest BCUT2D eigenvalue weighted by molar-refractivity contribution is 6.03. The number of carbonyl (C=O) groups is 4. The Balaban J connectivity index is 3.52. The van der Waals surface area contributed by atoms with Crippen LogP contribution in [-0.4, -0.2) is 42.3 Å². The molecular formula is C18H22O7. The lowest BCUT2D eigenvalue weighted by Crippen LogP contribution is -2.39. The van der Waals surface area contributed by atoms with Crippen LogP contribution in [0.5, 0.6) is 5.75 Å². The van der Waals surface area contributed by atoms with E-state index in [2.05, 4.69) is 0 Å². The molecule has 1 aromatic rings. The minimum atomic E-state index is -1.55. The molecule has 25 heavy (non-hydrogen) atoms. The van der Waals surface area contributed by atoms with E-state index < -0.39 is 41.3 Å². The molecule has 0 aliphatic carbocycles. The Kier molecular flexibility index (Phi) is 7.29. The summed E-state index contributed by atoms with van der Waals surface area (Å²) in [7, 11) is 1.47. The highest BCUT2D eigenvalue weighted by atomic mass is 16.5. The van der Waals surface area contributed by atoms with Crippen LogP contribution >= 0.6 is 0 Å². The second-order valence-electron chi connectivity index (χ2n) is 5.57. The van der Waals surface area contributed by atoms with Crippen molar-refractivity contribution in [3.05, 3.63) is 29.8 Å². The molecule has 1 rings (SSSR count). The topological polar surface area (TPSA) is 107 Å². The molecule has 0 saturated heterocycles. The number of ketones is 2. The molecular weight excluding hydrogens is 328 g/mol. The summed E-state index contributed by atoms with van der Waals surface area (Å²) in [5, 5.41) is 9.51. The van der Waals surface area contributed by atoms with Gasteiger partial charge in [-0.25, -0.2) is 0 Å². The van der Waals surface area contributed by atoms with Crippen LogP contribution in [0.1, 0.15) is 32.3 Å². The molecule has 1 N–H and O–H groups in total. The number of carboxylic acids is 1. The summed E-state index contributed by atoms with van der Waals surface area (Å²) in [6.07, 6.45) is 0. The maximum Gasteiger partial charge on any atom is 0.317 e. The smallest absolute Gasteiger partial charge is 0.317 e. The second-order valence-corrected chi connectivity index (χ2v) is 5.57. The molecule has 0 aromatic heterocycles. The van der Waals surface area contributed by atoms with Gasteiger partial charge in [0.2, 0.25) is 0 Å². The van der Waals surface area contributed by atoms with Gasteiger partial charge in [0.15, 0.2) is 0 Å². The van der Waals surface area contributed by atoms with Gasteiger partial charge in [0.05, 0.1) is 13.7 Å². The molecule has 1 aromatic carbocycles. The number of methoxy groups -OCH3 is 1. The summed E-state index contributed by atoms with van der Waals surface area (Å²) in [6.45, 7) is 3.92. The average molecular weight is 350 g/mol. The van der Waals surface area contributed by atoms with Crippen LogP contribution in [-0.2, 0) is 23.9 Å². The van der Waals surface area contributed by atoms with Gasteiger partial charge in [-0.3, -0.25) is 19.2 Å². The van der Waals surface area contributed by atoms with Crippen molar-refractivity contribution in [2.45, 2.75) is 26.7 Å². The molecule has 0 aliphatic rings. The van der Waals surface area contributed by atoms with Gasteiger partial charge in [0.25, 0.3) is 0 Å². The molecule has 0 bridgehead atoms. The Hall–Kier alpha value is -2.70. The molecule has 0 saturated carbocycles. The van der Waals surface area contributed by atoms with Crippen molar-refractivity contribution in [2.75, 3.05) is 13.7 Å². The van der Waals surface area contributed by atoms with Gasteiger partial charge in [-0.1, -0.05) is 12.1 Å². The Morgan fingerprint density at radius 3 is 1.88 bits per heavy atom. The minimum Gasteiger partial charge on any atom is -0.497 e. The number of carbonyl (C=O) groups excluding carboxylic acids is 3. The first-order valence-electron chi connectivity index (χ1n) is 7.78. The van der Waals surface area contributed by atoms with Crippen molar-refractivity contribution in [3.8, 4) is 5.75 Å². The van der Waals surface area contributed by atoms with Crippen LogP contribution < -0.4 is 4.74 Å². The fraction of sp³-hybridized carbons (Fsp3) is 0.444. The molecule has 0 amide bonds. The number of benzene rings is 1. The van der Waals surface area contributed by atoms with Crippen LogP contribution in [0.4, 0.5) is 0 Å². The Morgan fingerprint density at radius 2 is 1.52 bits per heavy atom. The van der Waals surface area contributed by atoms with E-state index in [1.165, 1.54) is 26.2 Å². The SMILES string of the molecule is CCOC(=O)C(C(C)=O)C(c1ccc(OC)cc1)C(C(C)=O)C(=O)O. The molecule has 136 valence electrons. The van der Waals surface area contributed by atoms with Gasteiger partial charge in [0.1, 0.15) is 29.2 Å². The zero-order valence-corrected chi connectivity index (χ0v) is 14.6. The first kappa shape index (κ1) is 20.3. The molecule has 3 unspecified atom stereocenters. The number of esters is 1. The second kappa shape index (κ2) is 8.96. The lowest BCUT2D eigenvalue weighted by molar-refractivity contribution is -0.155. The number of hydrogen-bond acceptors (Lipinski definition) is 6. The van der Waals surface area contributed by atoms with Gasteiger partial charge >= 0.3 is 11.9 Å². The lowest BCUT2D eigenvalue weighted by Gasteiger charge is -2.28. The maximum absolute atomic E-state index is 12.3. The third-order valence-electron chi connectivity index (χ3n) is 3.90. The van der Waals surface area contributed by atoms with Crippen LogP contribution in [0.2, 0.25) is 0 Å². The molecule has 7 nitrogen and oxygen atoms in total. The minimum absolute atomic E-state index is 0.0375. The Bertz CT molecular complexity index is 634. The van der Waals surface area contributed by atoms with E-state index in [0.717, 1.165) is 6.92 Å². The van der Waals surface area contributed by atoms with E-state index in [0.29, 0.717) is 11.3 Å². The number of aliphatic carboxylic acids is 1. The molecule has 0 heterocycles. The highest BCUT2D eigenvalue weighted by Gasteiger charge is 2.44. The highest BCUT2D eigenvalue weighted by Crippen LogP contribution is 2.36. The standard InChI is InChI=1S/C18H22O7/c1-5-25-18(23)15(11(3)20)16(14(10(2)19)17(21)22)12-6-8-13(24-4)9-7-12/h6-9,14-16H,5H2,1-4H3,(H,21,22). The van der Waals surface area contributed by atoms with Crippen molar-refractivity contribution in [2.24, 2.45) is 11.8 Å². The third kappa shape index (κ3) is 4.89. The van der Waals surface area contributed by atoms with Gasteiger partial charge in [-0.2, -0.15) is 0 Å². The van der Waals surface area contributed by atoms with E-state index >= 15 is 0 Å². The first-order valence-corrected chi connectivity index (χ1v) is 7.78. The van der Waals surface area contributed by atoms with Gasteiger partial charge in [-0.05, 0) is 38.5 Å². The van der Waals surface area contributed by atoms with Crippen LogP contribution in [0, 0.1) is 11.8 Å². The van der Waals surface area contributed by atoms with Crippen LogP contribution in [0.25, 0.3) is 0 Å². The predicted molar refractivity (Wildman–Crippen MR) is 88.3 cm³/mol. The number of carboxylic acid groups (broad SMARTS) is 1. The summed E-state index contributed by atoms with van der Waals surface area (Å²) in [4.78, 5) is 48.1. The molecule has 0 radical (unpaired) electrons. The van der Waals surface area contributed by atoms with Crippen molar-refractivity contribution < 1.29 is 33.8 Å². The maximum atomic E-state index is 12.3. The molecule has 7 heteroatoms. The van der Waals surface area contributed by atoms with E-state index in [1.807, 2.05) is 0 Å². The summed E-state index contributed by atoms with van der Waals surface area (Å²) in [5.74, 6) is -7.04. The predicted octanol–water partition coefficient (Wildman–Crippen LogP) is 1.84. The zero-order chi connectivity index (χ0) is 19.1. The Morgan fingerprint density at radius 1 is 1.00 bits per heavy atom. The summed E-state index contributed by atoms with van der Waals surface area (Å²) in [6, 6.07) is 6.22. The van der Waals surface area contributed by atoms with E-state index in [4.69, 9.17) is 9.47 Å². The molecule has 0 fully saturated rings. The fourth-order valence-corrected chi connectivity index (χ4v) is 2.78.